The monoisotopic (exact) mass is 533 g/mol. The van der Waals surface area contributed by atoms with Crippen LogP contribution in [0.5, 0.6) is 0 Å². The van der Waals surface area contributed by atoms with Crippen molar-refractivity contribution >= 4 is 34.4 Å². The number of halogens is 1. The van der Waals surface area contributed by atoms with Crippen molar-refractivity contribution in [1.82, 2.24) is 19.4 Å². The average molecular weight is 534 g/mol. The van der Waals surface area contributed by atoms with E-state index in [-0.39, 0.29) is 29.2 Å². The third-order valence-electron chi connectivity index (χ3n) is 7.06. The summed E-state index contributed by atoms with van der Waals surface area (Å²) >= 11 is 0. The van der Waals surface area contributed by atoms with E-state index < -0.39 is 11.4 Å². The van der Waals surface area contributed by atoms with Crippen LogP contribution < -0.4 is 15.8 Å². The molecule has 11 heteroatoms. The standard InChI is InChI=1S/C28H32FN7O3/c1-28(2,3)39-27(38)35-12-10-34(11-13-35)23-9-8-20(15-22(23)29)32-26-31-17-19-14-18(16-30)25(37)36(24(19)33-26)21-6-4-5-7-21/h8-9,14-15,17,21H,4-7,10-13H2,1-3H3,(H,31,32,33). The molecule has 5 rings (SSSR count). The van der Waals surface area contributed by atoms with Gasteiger partial charge in [0.05, 0.1) is 5.69 Å². The molecule has 1 saturated heterocycles. The number of anilines is 3. The molecule has 1 N–H and O–H groups in total. The average Bonchev–Trinajstić information content (AvgIpc) is 3.42. The Kier molecular flexibility index (Phi) is 7.12. The van der Waals surface area contributed by atoms with Gasteiger partial charge in [-0.15, -0.1) is 0 Å². The molecule has 2 fully saturated rings. The van der Waals surface area contributed by atoms with Crippen molar-refractivity contribution in [2.75, 3.05) is 36.4 Å². The van der Waals surface area contributed by atoms with Crippen LogP contribution in [0.4, 0.5) is 26.5 Å². The molecule has 0 bridgehead atoms. The zero-order valence-corrected chi connectivity index (χ0v) is 22.4. The molecule has 2 aromatic heterocycles. The van der Waals surface area contributed by atoms with Crippen LogP contribution in [0, 0.1) is 17.1 Å². The molecule has 3 heterocycles. The van der Waals surface area contributed by atoms with E-state index in [4.69, 9.17) is 4.74 Å². The molecule has 1 aliphatic heterocycles. The summed E-state index contributed by atoms with van der Waals surface area (Å²) < 4.78 is 22.2. The van der Waals surface area contributed by atoms with Gasteiger partial charge in [-0.2, -0.15) is 10.2 Å². The number of ether oxygens (including phenoxy) is 1. The summed E-state index contributed by atoms with van der Waals surface area (Å²) in [7, 11) is 0. The first-order valence-electron chi connectivity index (χ1n) is 13.2. The number of amides is 1. The number of benzene rings is 1. The summed E-state index contributed by atoms with van der Waals surface area (Å²) in [6.45, 7) is 7.33. The van der Waals surface area contributed by atoms with Gasteiger partial charge in [0.1, 0.15) is 28.7 Å². The van der Waals surface area contributed by atoms with Gasteiger partial charge >= 0.3 is 6.09 Å². The zero-order chi connectivity index (χ0) is 27.7. The molecule has 1 aliphatic carbocycles. The van der Waals surface area contributed by atoms with Gasteiger partial charge in [0.15, 0.2) is 0 Å². The van der Waals surface area contributed by atoms with Crippen LogP contribution >= 0.6 is 0 Å². The SMILES string of the molecule is CC(C)(C)OC(=O)N1CCN(c2ccc(Nc3ncc4cc(C#N)c(=O)n(C5CCCC5)c4n3)cc2F)CC1. The first kappa shape index (κ1) is 26.4. The van der Waals surface area contributed by atoms with Crippen LogP contribution in [-0.2, 0) is 4.74 Å². The molecule has 2 aliphatic rings. The summed E-state index contributed by atoms with van der Waals surface area (Å²) in [4.78, 5) is 37.8. The Labute approximate surface area is 226 Å². The van der Waals surface area contributed by atoms with Gasteiger partial charge in [0, 0.05) is 49.5 Å². The first-order chi connectivity index (χ1) is 18.6. The summed E-state index contributed by atoms with van der Waals surface area (Å²) in [5.41, 5.74) is 0.538. The highest BCUT2D eigenvalue weighted by molar-refractivity contribution is 5.77. The van der Waals surface area contributed by atoms with Crippen molar-refractivity contribution < 1.29 is 13.9 Å². The Hall–Kier alpha value is -4.20. The number of carbonyl (C=O) groups is 1. The van der Waals surface area contributed by atoms with Crippen molar-refractivity contribution in [3.8, 4) is 6.07 Å². The van der Waals surface area contributed by atoms with E-state index in [2.05, 4.69) is 15.3 Å². The zero-order valence-electron chi connectivity index (χ0n) is 22.4. The van der Waals surface area contributed by atoms with Crippen LogP contribution in [0.1, 0.15) is 58.1 Å². The maximum Gasteiger partial charge on any atom is 0.410 e. The van der Waals surface area contributed by atoms with Gasteiger partial charge < -0.3 is 19.9 Å². The first-order valence-corrected chi connectivity index (χ1v) is 13.2. The smallest absolute Gasteiger partial charge is 0.410 e. The van der Waals surface area contributed by atoms with E-state index in [1.54, 1.807) is 27.8 Å². The number of piperazine rings is 1. The van der Waals surface area contributed by atoms with Crippen LogP contribution in [0.2, 0.25) is 0 Å². The quantitative estimate of drug-likeness (QED) is 0.512. The number of fused-ring (bicyclic) bond motifs is 1. The van der Waals surface area contributed by atoms with Gasteiger partial charge in [-0.3, -0.25) is 9.36 Å². The van der Waals surface area contributed by atoms with Crippen molar-refractivity contribution in [3.05, 3.63) is 52.2 Å². The minimum Gasteiger partial charge on any atom is -0.444 e. The van der Waals surface area contributed by atoms with E-state index in [1.807, 2.05) is 31.7 Å². The second-order valence-corrected chi connectivity index (χ2v) is 11.0. The Morgan fingerprint density at radius 1 is 1.15 bits per heavy atom. The number of aromatic nitrogens is 3. The third kappa shape index (κ3) is 5.65. The number of hydrogen-bond donors (Lipinski definition) is 1. The summed E-state index contributed by atoms with van der Waals surface area (Å²) in [6, 6.07) is 8.31. The maximum absolute atomic E-state index is 15.2. The summed E-state index contributed by atoms with van der Waals surface area (Å²) in [6.07, 6.45) is 4.97. The van der Waals surface area contributed by atoms with E-state index in [0.717, 1.165) is 25.7 Å². The van der Waals surface area contributed by atoms with E-state index in [1.165, 1.54) is 12.1 Å². The molecule has 39 heavy (non-hydrogen) atoms. The number of nitrogens with zero attached hydrogens (tertiary/aromatic N) is 6. The Morgan fingerprint density at radius 2 is 1.87 bits per heavy atom. The lowest BCUT2D eigenvalue weighted by molar-refractivity contribution is 0.0240. The molecular weight excluding hydrogens is 501 g/mol. The topological polar surface area (TPSA) is 116 Å². The summed E-state index contributed by atoms with van der Waals surface area (Å²) in [5.74, 6) is -0.176. The van der Waals surface area contributed by atoms with Crippen molar-refractivity contribution in [2.45, 2.75) is 58.1 Å². The molecule has 0 radical (unpaired) electrons. The molecule has 3 aromatic rings. The fourth-order valence-corrected chi connectivity index (χ4v) is 5.19. The van der Waals surface area contributed by atoms with Gasteiger partial charge in [-0.1, -0.05) is 12.8 Å². The highest BCUT2D eigenvalue weighted by atomic mass is 19.1. The predicted molar refractivity (Wildman–Crippen MR) is 146 cm³/mol. The lowest BCUT2D eigenvalue weighted by Gasteiger charge is -2.36. The Balaban J connectivity index is 1.33. The van der Waals surface area contributed by atoms with Crippen LogP contribution in [0.25, 0.3) is 11.0 Å². The molecule has 0 atom stereocenters. The summed E-state index contributed by atoms with van der Waals surface area (Å²) in [5, 5.41) is 13.1. The fourth-order valence-electron chi connectivity index (χ4n) is 5.19. The number of nitriles is 1. The second kappa shape index (κ2) is 10.5. The third-order valence-corrected chi connectivity index (χ3v) is 7.06. The number of nitrogens with one attached hydrogen (secondary N) is 1. The highest BCUT2D eigenvalue weighted by Gasteiger charge is 2.27. The molecule has 1 amide bonds. The molecule has 0 spiro atoms. The van der Waals surface area contributed by atoms with Crippen molar-refractivity contribution in [1.29, 1.82) is 5.26 Å². The van der Waals surface area contributed by atoms with Gasteiger partial charge in [0.2, 0.25) is 5.95 Å². The van der Waals surface area contributed by atoms with Gasteiger partial charge in [-0.05, 0) is 57.9 Å². The Morgan fingerprint density at radius 3 is 2.51 bits per heavy atom. The molecule has 1 saturated carbocycles. The largest absolute Gasteiger partial charge is 0.444 e. The van der Waals surface area contributed by atoms with Crippen molar-refractivity contribution in [3.63, 3.8) is 0 Å². The van der Waals surface area contributed by atoms with Crippen LogP contribution in [0.3, 0.4) is 0 Å². The molecule has 1 aromatic carbocycles. The lowest BCUT2D eigenvalue weighted by atomic mass is 10.2. The highest BCUT2D eigenvalue weighted by Crippen LogP contribution is 2.31. The van der Waals surface area contributed by atoms with Gasteiger partial charge in [-0.25, -0.2) is 14.2 Å². The number of hydrogen-bond acceptors (Lipinski definition) is 8. The van der Waals surface area contributed by atoms with Crippen molar-refractivity contribution in [2.24, 2.45) is 0 Å². The van der Waals surface area contributed by atoms with E-state index in [0.29, 0.717) is 48.6 Å². The van der Waals surface area contributed by atoms with Crippen LogP contribution in [0.15, 0.2) is 35.3 Å². The van der Waals surface area contributed by atoms with Crippen LogP contribution in [-0.4, -0.2) is 57.3 Å². The predicted octanol–water partition coefficient (Wildman–Crippen LogP) is 4.72. The fraction of sp³-hybridized carbons (Fsp3) is 0.464. The van der Waals surface area contributed by atoms with E-state index in [9.17, 15) is 14.9 Å². The van der Waals surface area contributed by atoms with Gasteiger partial charge in [0.25, 0.3) is 5.56 Å². The minimum absolute atomic E-state index is 0.0106. The maximum atomic E-state index is 15.2. The molecular formula is C28H32FN7O3. The second-order valence-electron chi connectivity index (χ2n) is 11.0. The molecule has 0 unspecified atom stereocenters. The Bertz CT molecular complexity index is 1490. The molecule has 204 valence electrons. The molecule has 10 nitrogen and oxygen atoms in total. The van der Waals surface area contributed by atoms with E-state index >= 15 is 4.39 Å². The normalized spacial score (nSPS) is 16.4. The minimum atomic E-state index is -0.564. The number of rotatable bonds is 4. The number of pyridine rings is 1. The lowest BCUT2D eigenvalue weighted by Crippen LogP contribution is -2.50. The number of carbonyl (C=O) groups excluding carboxylic acids is 1.